The van der Waals surface area contributed by atoms with Crippen molar-refractivity contribution in [2.75, 3.05) is 0 Å². The summed E-state index contributed by atoms with van der Waals surface area (Å²) in [4.78, 5) is 0. The molecule has 128 valence electrons. The Morgan fingerprint density at radius 2 is 1.16 bits per heavy atom. The third kappa shape index (κ3) is 4.58. The first kappa shape index (κ1) is 17.4. The average molecular weight is 358 g/mol. The quantitative estimate of drug-likeness (QED) is 0.631. The Morgan fingerprint density at radius 3 is 1.60 bits per heavy atom. The van der Waals surface area contributed by atoms with E-state index in [1.54, 1.807) is 0 Å². The van der Waals surface area contributed by atoms with Crippen LogP contribution in [0.4, 0.5) is 13.2 Å². The van der Waals surface area contributed by atoms with Gasteiger partial charge >= 0.3 is 6.18 Å². The predicted molar refractivity (Wildman–Crippen MR) is 95.5 cm³/mol. The molecule has 0 N–H and O–H groups in total. The number of hydrogen-bond donors (Lipinski definition) is 0. The molecule has 0 amide bonds. The SMILES string of the molecule is FC(F)(F)c1ccc(CO[SiH](c2ccccc2)c2ccccc2)cc1. The first-order valence-corrected chi connectivity index (χ1v) is 9.54. The molecule has 3 aromatic carbocycles. The van der Waals surface area contributed by atoms with Crippen LogP contribution in [0.2, 0.25) is 0 Å². The molecule has 0 aliphatic heterocycles. The molecule has 0 saturated heterocycles. The molecule has 1 nitrogen and oxygen atoms in total. The standard InChI is InChI=1S/C20H17F3OSi/c21-20(22,23)17-13-11-16(12-14-17)15-24-25(18-7-3-1-4-8-18)19-9-5-2-6-10-19/h1-14,25H,15H2. The van der Waals surface area contributed by atoms with Crippen molar-refractivity contribution in [2.24, 2.45) is 0 Å². The van der Waals surface area contributed by atoms with Crippen LogP contribution in [0, 0.1) is 0 Å². The fourth-order valence-electron chi connectivity index (χ4n) is 2.61. The van der Waals surface area contributed by atoms with Crippen LogP contribution in [0.15, 0.2) is 84.9 Å². The Morgan fingerprint density at radius 1 is 0.680 bits per heavy atom. The summed E-state index contributed by atoms with van der Waals surface area (Å²) in [5, 5.41) is 2.28. The monoisotopic (exact) mass is 358 g/mol. The molecule has 0 bridgehead atoms. The van der Waals surface area contributed by atoms with Gasteiger partial charge in [-0.1, -0.05) is 72.8 Å². The maximum absolute atomic E-state index is 12.7. The Balaban J connectivity index is 1.77. The van der Waals surface area contributed by atoms with Gasteiger partial charge in [-0.3, -0.25) is 0 Å². The van der Waals surface area contributed by atoms with Gasteiger partial charge in [0, 0.05) is 0 Å². The molecule has 0 aliphatic rings. The van der Waals surface area contributed by atoms with Crippen LogP contribution < -0.4 is 10.4 Å². The fourth-order valence-corrected chi connectivity index (χ4v) is 4.88. The Hall–Kier alpha value is -2.37. The zero-order valence-electron chi connectivity index (χ0n) is 13.4. The van der Waals surface area contributed by atoms with E-state index in [1.165, 1.54) is 12.1 Å². The lowest BCUT2D eigenvalue weighted by Gasteiger charge is -2.17. The van der Waals surface area contributed by atoms with Gasteiger partial charge < -0.3 is 4.43 Å². The highest BCUT2D eigenvalue weighted by Gasteiger charge is 2.30. The van der Waals surface area contributed by atoms with Gasteiger partial charge in [-0.15, -0.1) is 0 Å². The Labute approximate surface area is 146 Å². The zero-order valence-corrected chi connectivity index (χ0v) is 14.6. The molecule has 0 fully saturated rings. The number of halogens is 3. The van der Waals surface area contributed by atoms with E-state index in [-0.39, 0.29) is 0 Å². The van der Waals surface area contributed by atoms with E-state index < -0.39 is 20.8 Å². The van der Waals surface area contributed by atoms with E-state index in [4.69, 9.17) is 4.43 Å². The van der Waals surface area contributed by atoms with Gasteiger partial charge in [0.2, 0.25) is 9.04 Å². The third-order valence-corrected chi connectivity index (χ3v) is 6.38. The minimum Gasteiger partial charge on any atom is -0.407 e. The summed E-state index contributed by atoms with van der Waals surface area (Å²) in [6.45, 7) is 0.290. The topological polar surface area (TPSA) is 9.23 Å². The van der Waals surface area contributed by atoms with Crippen molar-refractivity contribution in [3.63, 3.8) is 0 Å². The number of hydrogen-bond acceptors (Lipinski definition) is 1. The van der Waals surface area contributed by atoms with Crippen molar-refractivity contribution in [2.45, 2.75) is 12.8 Å². The molecule has 3 aromatic rings. The molecule has 25 heavy (non-hydrogen) atoms. The van der Waals surface area contributed by atoms with E-state index in [2.05, 4.69) is 0 Å². The summed E-state index contributed by atoms with van der Waals surface area (Å²) in [7, 11) is -1.89. The van der Waals surface area contributed by atoms with E-state index in [0.29, 0.717) is 6.61 Å². The molecule has 0 aromatic heterocycles. The van der Waals surface area contributed by atoms with Crippen LogP contribution in [0.3, 0.4) is 0 Å². The van der Waals surface area contributed by atoms with Crippen molar-refractivity contribution in [3.8, 4) is 0 Å². The molecule has 0 atom stereocenters. The molecule has 0 spiro atoms. The molecule has 0 aliphatic carbocycles. The van der Waals surface area contributed by atoms with Crippen LogP contribution >= 0.6 is 0 Å². The maximum Gasteiger partial charge on any atom is 0.416 e. The summed E-state index contributed by atoms with van der Waals surface area (Å²) < 4.78 is 44.1. The Kier molecular flexibility index (Phi) is 5.36. The van der Waals surface area contributed by atoms with Crippen LogP contribution in [0.5, 0.6) is 0 Å². The first-order chi connectivity index (χ1) is 12.0. The minimum atomic E-state index is -4.31. The second-order valence-corrected chi connectivity index (χ2v) is 8.13. The van der Waals surface area contributed by atoms with E-state index in [9.17, 15) is 13.2 Å². The number of benzene rings is 3. The first-order valence-electron chi connectivity index (χ1n) is 7.91. The van der Waals surface area contributed by atoms with Crippen LogP contribution in [-0.4, -0.2) is 9.04 Å². The van der Waals surface area contributed by atoms with Gasteiger partial charge in [0.25, 0.3) is 0 Å². The summed E-state index contributed by atoms with van der Waals surface area (Å²) in [5.74, 6) is 0. The highest BCUT2D eigenvalue weighted by atomic mass is 28.3. The molecule has 5 heteroatoms. The number of rotatable bonds is 5. The van der Waals surface area contributed by atoms with E-state index >= 15 is 0 Å². The van der Waals surface area contributed by atoms with Crippen molar-refractivity contribution < 1.29 is 17.6 Å². The van der Waals surface area contributed by atoms with Gasteiger partial charge in [-0.2, -0.15) is 13.2 Å². The highest BCUT2D eigenvalue weighted by Crippen LogP contribution is 2.29. The lowest BCUT2D eigenvalue weighted by atomic mass is 10.1. The van der Waals surface area contributed by atoms with Crippen LogP contribution in [0.1, 0.15) is 11.1 Å². The summed E-state index contributed by atoms with van der Waals surface area (Å²) in [6.07, 6.45) is -4.31. The van der Waals surface area contributed by atoms with Crippen molar-refractivity contribution in [1.29, 1.82) is 0 Å². The van der Waals surface area contributed by atoms with Crippen molar-refractivity contribution >= 4 is 19.4 Å². The Bertz CT molecular complexity index is 747. The third-order valence-electron chi connectivity index (χ3n) is 3.90. The van der Waals surface area contributed by atoms with Gasteiger partial charge in [0.05, 0.1) is 12.2 Å². The molecular formula is C20H17F3OSi. The number of alkyl halides is 3. The molecule has 0 saturated carbocycles. The zero-order chi connectivity index (χ0) is 17.7. The largest absolute Gasteiger partial charge is 0.416 e. The molecule has 0 radical (unpaired) electrons. The highest BCUT2D eigenvalue weighted by molar-refractivity contribution is 6.79. The summed E-state index contributed by atoms with van der Waals surface area (Å²) >= 11 is 0. The van der Waals surface area contributed by atoms with Gasteiger partial charge in [0.15, 0.2) is 0 Å². The van der Waals surface area contributed by atoms with Gasteiger partial charge in [0.1, 0.15) is 0 Å². The second kappa shape index (κ2) is 7.67. The average Bonchev–Trinajstić information content (AvgIpc) is 2.63. The fraction of sp³-hybridized carbons (Fsp3) is 0.100. The van der Waals surface area contributed by atoms with Gasteiger partial charge in [-0.25, -0.2) is 0 Å². The van der Waals surface area contributed by atoms with Gasteiger partial charge in [-0.05, 0) is 28.1 Å². The van der Waals surface area contributed by atoms with E-state index in [0.717, 1.165) is 28.1 Å². The van der Waals surface area contributed by atoms with Crippen LogP contribution in [-0.2, 0) is 17.2 Å². The van der Waals surface area contributed by atoms with E-state index in [1.807, 2.05) is 60.7 Å². The predicted octanol–water partition coefficient (Wildman–Crippen LogP) is 3.76. The molecule has 0 heterocycles. The summed E-state index contributed by atoms with van der Waals surface area (Å²) in [5.41, 5.74) is 0.0912. The lowest BCUT2D eigenvalue weighted by Crippen LogP contribution is -2.44. The normalized spacial score (nSPS) is 11.7. The van der Waals surface area contributed by atoms with Crippen LogP contribution in [0.25, 0.3) is 0 Å². The van der Waals surface area contributed by atoms with Crippen molar-refractivity contribution in [1.82, 2.24) is 0 Å². The summed E-state index contributed by atoms with van der Waals surface area (Å²) in [6, 6.07) is 25.1. The second-order valence-electron chi connectivity index (χ2n) is 5.71. The maximum atomic E-state index is 12.7. The molecule has 0 unspecified atom stereocenters. The minimum absolute atomic E-state index is 0.290. The molecule has 3 rings (SSSR count). The lowest BCUT2D eigenvalue weighted by molar-refractivity contribution is -0.137. The smallest absolute Gasteiger partial charge is 0.407 e. The molecular weight excluding hydrogens is 341 g/mol. The van der Waals surface area contributed by atoms with Crippen molar-refractivity contribution in [3.05, 3.63) is 96.1 Å².